The van der Waals surface area contributed by atoms with E-state index in [1.165, 1.54) is 11.1 Å². The summed E-state index contributed by atoms with van der Waals surface area (Å²) in [4.78, 5) is 0. The van der Waals surface area contributed by atoms with Gasteiger partial charge in [0.05, 0.1) is 11.9 Å². The van der Waals surface area contributed by atoms with E-state index >= 15 is 0 Å². The third-order valence-corrected chi connectivity index (χ3v) is 2.65. The first-order valence-corrected chi connectivity index (χ1v) is 5.64. The van der Waals surface area contributed by atoms with Crippen molar-refractivity contribution in [2.45, 2.75) is 12.8 Å². The number of rotatable bonds is 5. The van der Waals surface area contributed by atoms with Gasteiger partial charge in [0.1, 0.15) is 0 Å². The van der Waals surface area contributed by atoms with Crippen LogP contribution < -0.4 is 5.32 Å². The van der Waals surface area contributed by atoms with E-state index in [1.807, 2.05) is 31.4 Å². The molecule has 2 aromatic rings. The fourth-order valence-electron chi connectivity index (χ4n) is 1.81. The molecule has 0 fully saturated rings. The first-order chi connectivity index (χ1) is 7.92. The molecule has 1 heterocycles. The molecule has 3 heteroatoms. The van der Waals surface area contributed by atoms with E-state index in [4.69, 9.17) is 0 Å². The molecule has 0 amide bonds. The Morgan fingerprint density at radius 3 is 2.81 bits per heavy atom. The summed E-state index contributed by atoms with van der Waals surface area (Å²) in [5, 5.41) is 10.4. The quantitative estimate of drug-likeness (QED) is 0.751. The number of hydrogen-bond donors (Lipinski definition) is 2. The van der Waals surface area contributed by atoms with Gasteiger partial charge in [0.15, 0.2) is 0 Å². The second-order valence-corrected chi connectivity index (χ2v) is 3.84. The van der Waals surface area contributed by atoms with Gasteiger partial charge in [0.25, 0.3) is 0 Å². The fraction of sp³-hybridized carbons (Fsp3) is 0.308. The highest BCUT2D eigenvalue weighted by molar-refractivity contribution is 5.62. The van der Waals surface area contributed by atoms with Crippen molar-refractivity contribution in [2.24, 2.45) is 0 Å². The van der Waals surface area contributed by atoms with Crippen LogP contribution in [0.3, 0.4) is 0 Å². The van der Waals surface area contributed by atoms with E-state index in [1.54, 1.807) is 0 Å². The molecule has 0 aliphatic carbocycles. The summed E-state index contributed by atoms with van der Waals surface area (Å²) in [6, 6.07) is 10.3. The lowest BCUT2D eigenvalue weighted by Crippen LogP contribution is -2.08. The summed E-state index contributed by atoms with van der Waals surface area (Å²) in [6.07, 6.45) is 4.12. The van der Waals surface area contributed by atoms with Gasteiger partial charge < -0.3 is 5.32 Å². The van der Waals surface area contributed by atoms with Crippen molar-refractivity contribution in [3.63, 3.8) is 0 Å². The largest absolute Gasteiger partial charge is 0.320 e. The Labute approximate surface area is 95.9 Å². The Balaban J connectivity index is 2.13. The van der Waals surface area contributed by atoms with Crippen LogP contribution in [-0.2, 0) is 6.42 Å². The van der Waals surface area contributed by atoms with Crippen molar-refractivity contribution >= 4 is 0 Å². The van der Waals surface area contributed by atoms with E-state index in [2.05, 4.69) is 27.6 Å². The maximum Gasteiger partial charge on any atom is 0.0682 e. The minimum atomic E-state index is 1.04. The molecule has 0 saturated carbocycles. The van der Waals surface area contributed by atoms with Crippen LogP contribution in [0.25, 0.3) is 11.3 Å². The molecule has 2 N–H and O–H groups in total. The van der Waals surface area contributed by atoms with Gasteiger partial charge in [-0.1, -0.05) is 30.3 Å². The van der Waals surface area contributed by atoms with Crippen molar-refractivity contribution in [1.82, 2.24) is 15.5 Å². The maximum atomic E-state index is 4.13. The van der Waals surface area contributed by atoms with Crippen molar-refractivity contribution in [3.8, 4) is 11.3 Å². The molecule has 2 rings (SSSR count). The average Bonchev–Trinajstić information content (AvgIpc) is 2.79. The monoisotopic (exact) mass is 215 g/mol. The van der Waals surface area contributed by atoms with Gasteiger partial charge in [0.2, 0.25) is 0 Å². The second kappa shape index (κ2) is 5.47. The topological polar surface area (TPSA) is 40.7 Å². The molecule has 0 aliphatic rings. The molecular weight excluding hydrogens is 198 g/mol. The first kappa shape index (κ1) is 10.9. The highest BCUT2D eigenvalue weighted by Gasteiger charge is 2.06. The molecular formula is C13H17N3. The Bertz CT molecular complexity index is 420. The normalized spacial score (nSPS) is 10.6. The summed E-state index contributed by atoms with van der Waals surface area (Å²) in [6.45, 7) is 1.04. The zero-order chi connectivity index (χ0) is 11.2. The lowest BCUT2D eigenvalue weighted by Gasteiger charge is -2.03. The van der Waals surface area contributed by atoms with Crippen LogP contribution in [0.4, 0.5) is 0 Å². The summed E-state index contributed by atoms with van der Waals surface area (Å²) in [5.74, 6) is 0. The molecule has 16 heavy (non-hydrogen) atoms. The number of aromatic amines is 1. The number of benzene rings is 1. The standard InChI is InChI=1S/C13H17N3/c1-14-9-5-8-12-10-15-16-13(12)11-6-3-2-4-7-11/h2-4,6-7,10,14H,5,8-9H2,1H3,(H,15,16). The SMILES string of the molecule is CNCCCc1cn[nH]c1-c1ccccc1. The molecule has 1 aromatic carbocycles. The average molecular weight is 215 g/mol. The molecule has 0 atom stereocenters. The van der Waals surface area contributed by atoms with E-state index in [0.29, 0.717) is 0 Å². The van der Waals surface area contributed by atoms with Gasteiger partial charge in [-0.3, -0.25) is 5.10 Å². The third-order valence-electron chi connectivity index (χ3n) is 2.65. The Hall–Kier alpha value is -1.61. The van der Waals surface area contributed by atoms with Gasteiger partial charge in [0, 0.05) is 0 Å². The number of hydrogen-bond acceptors (Lipinski definition) is 2. The molecule has 0 radical (unpaired) electrons. The lowest BCUT2D eigenvalue weighted by atomic mass is 10.0. The van der Waals surface area contributed by atoms with Crippen molar-refractivity contribution < 1.29 is 0 Å². The predicted molar refractivity (Wildman–Crippen MR) is 66.3 cm³/mol. The molecule has 1 aromatic heterocycles. The van der Waals surface area contributed by atoms with Crippen molar-refractivity contribution in [2.75, 3.05) is 13.6 Å². The highest BCUT2D eigenvalue weighted by Crippen LogP contribution is 2.21. The van der Waals surface area contributed by atoms with E-state index in [-0.39, 0.29) is 0 Å². The van der Waals surface area contributed by atoms with Crippen LogP contribution in [0, 0.1) is 0 Å². The third kappa shape index (κ3) is 2.49. The minimum Gasteiger partial charge on any atom is -0.320 e. The summed E-state index contributed by atoms with van der Waals surface area (Å²) < 4.78 is 0. The van der Waals surface area contributed by atoms with E-state index < -0.39 is 0 Å². The molecule has 84 valence electrons. The molecule has 0 spiro atoms. The zero-order valence-electron chi connectivity index (χ0n) is 9.53. The van der Waals surface area contributed by atoms with E-state index in [0.717, 1.165) is 25.1 Å². The summed E-state index contributed by atoms with van der Waals surface area (Å²) in [5.41, 5.74) is 3.65. The molecule has 0 unspecified atom stereocenters. The molecule has 0 bridgehead atoms. The lowest BCUT2D eigenvalue weighted by molar-refractivity contribution is 0.725. The van der Waals surface area contributed by atoms with Crippen LogP contribution >= 0.6 is 0 Å². The summed E-state index contributed by atoms with van der Waals surface area (Å²) >= 11 is 0. The van der Waals surface area contributed by atoms with Crippen molar-refractivity contribution in [3.05, 3.63) is 42.1 Å². The van der Waals surface area contributed by atoms with Crippen LogP contribution in [0.2, 0.25) is 0 Å². The Kier molecular flexibility index (Phi) is 3.72. The smallest absolute Gasteiger partial charge is 0.0682 e. The zero-order valence-corrected chi connectivity index (χ0v) is 9.53. The first-order valence-electron chi connectivity index (χ1n) is 5.64. The minimum absolute atomic E-state index is 1.04. The molecule has 0 saturated heterocycles. The molecule has 0 aliphatic heterocycles. The Morgan fingerprint density at radius 2 is 2.06 bits per heavy atom. The van der Waals surface area contributed by atoms with Gasteiger partial charge in [-0.05, 0) is 37.6 Å². The predicted octanol–water partition coefficient (Wildman–Crippen LogP) is 2.23. The summed E-state index contributed by atoms with van der Waals surface area (Å²) in [7, 11) is 1.98. The molecule has 3 nitrogen and oxygen atoms in total. The number of aromatic nitrogens is 2. The van der Waals surface area contributed by atoms with Crippen molar-refractivity contribution in [1.29, 1.82) is 0 Å². The van der Waals surface area contributed by atoms with Gasteiger partial charge in [-0.2, -0.15) is 5.10 Å². The van der Waals surface area contributed by atoms with Gasteiger partial charge in [-0.25, -0.2) is 0 Å². The van der Waals surface area contributed by atoms with Gasteiger partial charge in [-0.15, -0.1) is 0 Å². The maximum absolute atomic E-state index is 4.13. The van der Waals surface area contributed by atoms with Crippen LogP contribution in [0.1, 0.15) is 12.0 Å². The van der Waals surface area contributed by atoms with Crippen LogP contribution in [0.15, 0.2) is 36.5 Å². The second-order valence-electron chi connectivity index (χ2n) is 3.84. The van der Waals surface area contributed by atoms with Gasteiger partial charge >= 0.3 is 0 Å². The number of aryl methyl sites for hydroxylation is 1. The van der Waals surface area contributed by atoms with Crippen LogP contribution in [0.5, 0.6) is 0 Å². The number of nitrogens with one attached hydrogen (secondary N) is 2. The number of H-pyrrole nitrogens is 1. The number of nitrogens with zero attached hydrogens (tertiary/aromatic N) is 1. The van der Waals surface area contributed by atoms with Crippen LogP contribution in [-0.4, -0.2) is 23.8 Å². The highest BCUT2D eigenvalue weighted by atomic mass is 15.1. The van der Waals surface area contributed by atoms with E-state index in [9.17, 15) is 0 Å². The Morgan fingerprint density at radius 1 is 1.25 bits per heavy atom. The fourth-order valence-corrected chi connectivity index (χ4v) is 1.81.